The maximum Gasteiger partial charge on any atom is 0.416 e. The van der Waals surface area contributed by atoms with Crippen LogP contribution < -0.4 is 10.6 Å². The number of alkyl halides is 3. The lowest BCUT2D eigenvalue weighted by molar-refractivity contribution is -0.384. The molecule has 2 aliphatic heterocycles. The largest absolute Gasteiger partial charge is 0.416 e. The summed E-state index contributed by atoms with van der Waals surface area (Å²) in [6, 6.07) is 2.49. The number of primary amides is 1. The van der Waals surface area contributed by atoms with E-state index in [0.717, 1.165) is 12.1 Å². The average Bonchev–Trinajstić information content (AvgIpc) is 2.72. The van der Waals surface area contributed by atoms with E-state index >= 15 is 0 Å². The molecular formula is C19H23F3N4O4. The Morgan fingerprint density at radius 1 is 1.10 bits per heavy atom. The van der Waals surface area contributed by atoms with Crippen LogP contribution in [0.2, 0.25) is 0 Å². The van der Waals surface area contributed by atoms with Gasteiger partial charge in [0.25, 0.3) is 5.69 Å². The van der Waals surface area contributed by atoms with Crippen molar-refractivity contribution >= 4 is 23.2 Å². The second-order valence-electron chi connectivity index (χ2n) is 7.75. The first-order valence-electron chi connectivity index (χ1n) is 9.76. The monoisotopic (exact) mass is 428 g/mol. The molecule has 2 saturated heterocycles. The summed E-state index contributed by atoms with van der Waals surface area (Å²) in [5, 5.41) is 11.3. The number of nitrogens with two attached hydrogens (primary N) is 1. The van der Waals surface area contributed by atoms with Crippen molar-refractivity contribution in [1.82, 2.24) is 4.90 Å². The van der Waals surface area contributed by atoms with Crippen LogP contribution >= 0.6 is 0 Å². The number of nitro benzene ring substituents is 1. The summed E-state index contributed by atoms with van der Waals surface area (Å²) in [5.41, 5.74) is 3.80. The second-order valence-corrected chi connectivity index (χ2v) is 7.75. The molecule has 0 saturated carbocycles. The first-order valence-corrected chi connectivity index (χ1v) is 9.76. The van der Waals surface area contributed by atoms with Crippen LogP contribution in [-0.4, -0.2) is 47.8 Å². The fourth-order valence-corrected chi connectivity index (χ4v) is 4.15. The van der Waals surface area contributed by atoms with Gasteiger partial charge in [0.2, 0.25) is 11.8 Å². The van der Waals surface area contributed by atoms with Crippen LogP contribution in [0, 0.1) is 22.0 Å². The van der Waals surface area contributed by atoms with Crippen molar-refractivity contribution in [3.63, 3.8) is 0 Å². The molecule has 8 nitrogen and oxygen atoms in total. The van der Waals surface area contributed by atoms with E-state index in [1.165, 1.54) is 0 Å². The average molecular weight is 428 g/mol. The molecule has 0 aromatic heterocycles. The van der Waals surface area contributed by atoms with Crippen molar-refractivity contribution in [3.8, 4) is 0 Å². The molecule has 2 aliphatic rings. The highest BCUT2D eigenvalue weighted by Crippen LogP contribution is 2.38. The normalized spacial score (nSPS) is 20.8. The molecule has 1 atom stereocenters. The molecule has 30 heavy (non-hydrogen) atoms. The van der Waals surface area contributed by atoms with Crippen LogP contribution in [0.25, 0.3) is 0 Å². The molecular weight excluding hydrogens is 405 g/mol. The Morgan fingerprint density at radius 3 is 2.33 bits per heavy atom. The minimum Gasteiger partial charge on any atom is -0.369 e. The number of hydrogen-bond donors (Lipinski definition) is 1. The molecule has 3 rings (SSSR count). The molecule has 164 valence electrons. The van der Waals surface area contributed by atoms with Gasteiger partial charge in [-0.3, -0.25) is 19.7 Å². The summed E-state index contributed by atoms with van der Waals surface area (Å²) in [7, 11) is 0. The first kappa shape index (κ1) is 21.8. The molecule has 2 heterocycles. The number of rotatable bonds is 4. The van der Waals surface area contributed by atoms with Crippen molar-refractivity contribution in [2.75, 3.05) is 31.1 Å². The molecule has 11 heteroatoms. The zero-order valence-corrected chi connectivity index (χ0v) is 16.2. The summed E-state index contributed by atoms with van der Waals surface area (Å²) in [6.07, 6.45) is -2.45. The summed E-state index contributed by atoms with van der Waals surface area (Å²) in [6.45, 7) is 1.50. The van der Waals surface area contributed by atoms with Gasteiger partial charge in [-0.25, -0.2) is 0 Å². The maximum atomic E-state index is 12.9. The number of amides is 2. The zero-order chi connectivity index (χ0) is 22.1. The SMILES string of the molecule is NC(=O)C1CCCN(C(=O)C2CCN(c3ccc(C(F)(F)F)cc3[N+](=O)[O-])CC2)C1. The fraction of sp³-hybridized carbons (Fsp3) is 0.579. The number of piperidine rings is 2. The number of carbonyl (C=O) groups excluding carboxylic acids is 2. The third-order valence-electron chi connectivity index (χ3n) is 5.82. The highest BCUT2D eigenvalue weighted by atomic mass is 19.4. The number of anilines is 1. The van der Waals surface area contributed by atoms with Crippen molar-refractivity contribution in [1.29, 1.82) is 0 Å². The number of halogens is 3. The smallest absolute Gasteiger partial charge is 0.369 e. The lowest BCUT2D eigenvalue weighted by Gasteiger charge is -2.37. The fourth-order valence-electron chi connectivity index (χ4n) is 4.15. The predicted octanol–water partition coefficient (Wildman–Crippen LogP) is 2.55. The third-order valence-corrected chi connectivity index (χ3v) is 5.82. The lowest BCUT2D eigenvalue weighted by Crippen LogP contribution is -2.48. The van der Waals surface area contributed by atoms with E-state index < -0.39 is 28.3 Å². The van der Waals surface area contributed by atoms with Crippen LogP contribution in [-0.2, 0) is 15.8 Å². The van der Waals surface area contributed by atoms with Gasteiger partial charge in [-0.15, -0.1) is 0 Å². The van der Waals surface area contributed by atoms with Gasteiger partial charge in [0.1, 0.15) is 5.69 Å². The molecule has 0 aliphatic carbocycles. The second kappa shape index (κ2) is 8.49. The molecule has 0 spiro atoms. The van der Waals surface area contributed by atoms with E-state index in [1.807, 2.05) is 0 Å². The van der Waals surface area contributed by atoms with Gasteiger partial charge in [0, 0.05) is 38.2 Å². The van der Waals surface area contributed by atoms with Gasteiger partial charge < -0.3 is 15.5 Å². The molecule has 1 aromatic rings. The van der Waals surface area contributed by atoms with E-state index in [4.69, 9.17) is 5.73 Å². The van der Waals surface area contributed by atoms with Gasteiger partial charge >= 0.3 is 6.18 Å². The van der Waals surface area contributed by atoms with Crippen LogP contribution in [0.4, 0.5) is 24.5 Å². The van der Waals surface area contributed by atoms with Gasteiger partial charge in [-0.05, 0) is 37.8 Å². The zero-order valence-electron chi connectivity index (χ0n) is 16.2. The van der Waals surface area contributed by atoms with E-state index in [0.29, 0.717) is 57.9 Å². The Kier molecular flexibility index (Phi) is 6.18. The molecule has 1 aromatic carbocycles. The van der Waals surface area contributed by atoms with Gasteiger partial charge in [-0.1, -0.05) is 0 Å². The van der Waals surface area contributed by atoms with Crippen LogP contribution in [0.5, 0.6) is 0 Å². The lowest BCUT2D eigenvalue weighted by atomic mass is 9.91. The summed E-state index contributed by atoms with van der Waals surface area (Å²) >= 11 is 0. The van der Waals surface area contributed by atoms with E-state index in [9.17, 15) is 32.9 Å². The van der Waals surface area contributed by atoms with Crippen LogP contribution in [0.1, 0.15) is 31.2 Å². The van der Waals surface area contributed by atoms with E-state index in [1.54, 1.807) is 9.80 Å². The van der Waals surface area contributed by atoms with Crippen LogP contribution in [0.3, 0.4) is 0 Å². The summed E-state index contributed by atoms with van der Waals surface area (Å²) < 4.78 is 38.7. The molecule has 0 radical (unpaired) electrons. The highest BCUT2D eigenvalue weighted by Gasteiger charge is 2.36. The van der Waals surface area contributed by atoms with Crippen molar-refractivity contribution in [2.45, 2.75) is 31.9 Å². The van der Waals surface area contributed by atoms with Gasteiger partial charge in [-0.2, -0.15) is 13.2 Å². The Morgan fingerprint density at radius 2 is 1.77 bits per heavy atom. The van der Waals surface area contributed by atoms with Crippen LogP contribution in [0.15, 0.2) is 18.2 Å². The molecule has 2 N–H and O–H groups in total. The summed E-state index contributed by atoms with van der Waals surface area (Å²) in [5.74, 6) is -1.13. The quantitative estimate of drug-likeness (QED) is 0.586. The molecule has 0 bridgehead atoms. The topological polar surface area (TPSA) is 110 Å². The van der Waals surface area contributed by atoms with Crippen molar-refractivity contribution in [3.05, 3.63) is 33.9 Å². The number of likely N-dealkylation sites (tertiary alicyclic amines) is 1. The summed E-state index contributed by atoms with van der Waals surface area (Å²) in [4.78, 5) is 38.0. The standard InChI is InChI=1S/C19H23F3N4O4/c20-19(21,22)14-3-4-15(16(10-14)26(29)30)24-8-5-12(6-9-24)18(28)25-7-1-2-13(11-25)17(23)27/h3-4,10,12-13H,1-2,5-9,11H2,(H2,23,27). The van der Waals surface area contributed by atoms with E-state index in [-0.39, 0.29) is 23.4 Å². The maximum absolute atomic E-state index is 12.9. The van der Waals surface area contributed by atoms with Crippen molar-refractivity contribution < 1.29 is 27.7 Å². The number of benzene rings is 1. The molecule has 2 fully saturated rings. The Labute approximate surface area is 170 Å². The third kappa shape index (κ3) is 4.65. The Balaban J connectivity index is 1.67. The Hall–Kier alpha value is -2.85. The highest BCUT2D eigenvalue weighted by molar-refractivity contribution is 5.82. The van der Waals surface area contributed by atoms with Gasteiger partial charge in [0.05, 0.1) is 16.4 Å². The Bertz CT molecular complexity index is 838. The van der Waals surface area contributed by atoms with E-state index in [2.05, 4.69) is 0 Å². The molecule has 1 unspecified atom stereocenters. The number of hydrogen-bond acceptors (Lipinski definition) is 5. The van der Waals surface area contributed by atoms with Crippen molar-refractivity contribution in [2.24, 2.45) is 17.6 Å². The van der Waals surface area contributed by atoms with Gasteiger partial charge in [0.15, 0.2) is 0 Å². The molecule has 2 amide bonds. The number of carbonyl (C=O) groups is 2. The minimum absolute atomic E-state index is 0.0671. The minimum atomic E-state index is -4.67. The first-order chi connectivity index (χ1) is 14.1. The number of nitro groups is 1. The number of nitrogens with zero attached hydrogens (tertiary/aromatic N) is 3. The predicted molar refractivity (Wildman–Crippen MR) is 102 cm³/mol.